The molecule has 0 aliphatic rings. The van der Waals surface area contributed by atoms with Crippen LogP contribution >= 0.6 is 11.3 Å². The molecule has 7 heteroatoms. The molecule has 2 rings (SSSR count). The summed E-state index contributed by atoms with van der Waals surface area (Å²) in [5, 5.41) is 3.63. The van der Waals surface area contributed by atoms with Gasteiger partial charge in [0.25, 0.3) is 0 Å². The number of rotatable bonds is 5. The van der Waals surface area contributed by atoms with Crippen LogP contribution in [0.3, 0.4) is 0 Å². The van der Waals surface area contributed by atoms with Crippen LogP contribution in [0, 0.1) is 0 Å². The zero-order chi connectivity index (χ0) is 15.4. The van der Waals surface area contributed by atoms with E-state index in [-0.39, 0.29) is 17.0 Å². The number of ketones is 1. The molecule has 3 N–H and O–H groups in total. The van der Waals surface area contributed by atoms with Crippen molar-refractivity contribution in [1.82, 2.24) is 4.98 Å². The number of carbonyl (C=O) groups is 2. The second-order valence-corrected chi connectivity index (χ2v) is 5.33. The quantitative estimate of drug-likeness (QED) is 0.650. The standard InChI is InChI=1S/C14H15N3O3S/c1-8(18)12-11(15)10(14(19)20-2)13(21-12)17-7-9-4-3-5-16-6-9/h3-6,17H,7,15H2,1-2H3. The van der Waals surface area contributed by atoms with Crippen molar-refractivity contribution in [3.05, 3.63) is 40.5 Å². The average Bonchev–Trinajstić information content (AvgIpc) is 2.82. The fourth-order valence-electron chi connectivity index (χ4n) is 1.82. The zero-order valence-electron chi connectivity index (χ0n) is 11.7. The topological polar surface area (TPSA) is 94.3 Å². The van der Waals surface area contributed by atoms with Gasteiger partial charge < -0.3 is 15.8 Å². The van der Waals surface area contributed by atoms with Gasteiger partial charge in [0.05, 0.1) is 17.7 Å². The number of nitrogen functional groups attached to an aromatic ring is 1. The van der Waals surface area contributed by atoms with Gasteiger partial charge in [-0.3, -0.25) is 9.78 Å². The lowest BCUT2D eigenvalue weighted by molar-refractivity contribution is 0.0603. The summed E-state index contributed by atoms with van der Waals surface area (Å²) >= 11 is 1.15. The molecule has 0 saturated carbocycles. The van der Waals surface area contributed by atoms with E-state index >= 15 is 0 Å². The first-order valence-corrected chi connectivity index (χ1v) is 7.00. The molecule has 110 valence electrons. The summed E-state index contributed by atoms with van der Waals surface area (Å²) in [6.45, 7) is 1.88. The number of nitrogens with one attached hydrogen (secondary N) is 1. The third kappa shape index (κ3) is 3.19. The number of hydrogen-bond donors (Lipinski definition) is 2. The molecule has 0 atom stereocenters. The SMILES string of the molecule is COC(=O)c1c(NCc2cccnc2)sc(C(C)=O)c1N. The summed E-state index contributed by atoms with van der Waals surface area (Å²) in [5.41, 5.74) is 7.20. The molecule has 2 aromatic rings. The first-order valence-electron chi connectivity index (χ1n) is 6.19. The fraction of sp³-hybridized carbons (Fsp3) is 0.214. The van der Waals surface area contributed by atoms with Crippen molar-refractivity contribution >= 4 is 33.8 Å². The summed E-state index contributed by atoms with van der Waals surface area (Å²) in [6.07, 6.45) is 3.40. The number of pyridine rings is 1. The van der Waals surface area contributed by atoms with Crippen LogP contribution in [0.5, 0.6) is 0 Å². The van der Waals surface area contributed by atoms with Gasteiger partial charge in [0.2, 0.25) is 0 Å². The lowest BCUT2D eigenvalue weighted by atomic mass is 10.2. The minimum atomic E-state index is -0.565. The van der Waals surface area contributed by atoms with Crippen LogP contribution in [0.25, 0.3) is 0 Å². The van der Waals surface area contributed by atoms with Crippen LogP contribution in [-0.2, 0) is 11.3 Å². The van der Waals surface area contributed by atoms with E-state index in [4.69, 9.17) is 10.5 Å². The molecule has 0 spiro atoms. The highest BCUT2D eigenvalue weighted by Crippen LogP contribution is 2.36. The summed E-state index contributed by atoms with van der Waals surface area (Å²) in [4.78, 5) is 27.8. The number of ether oxygens (including phenoxy) is 1. The molecule has 6 nitrogen and oxygen atoms in total. The molecule has 0 radical (unpaired) electrons. The average molecular weight is 305 g/mol. The third-order valence-corrected chi connectivity index (χ3v) is 4.09. The molecule has 0 fully saturated rings. The van der Waals surface area contributed by atoms with E-state index < -0.39 is 5.97 Å². The number of hydrogen-bond acceptors (Lipinski definition) is 7. The molecule has 2 heterocycles. The zero-order valence-corrected chi connectivity index (χ0v) is 12.5. The van der Waals surface area contributed by atoms with Crippen molar-refractivity contribution in [2.24, 2.45) is 0 Å². The van der Waals surface area contributed by atoms with Crippen LogP contribution in [0.4, 0.5) is 10.7 Å². The van der Waals surface area contributed by atoms with Gasteiger partial charge >= 0.3 is 5.97 Å². The molecule has 0 aromatic carbocycles. The third-order valence-electron chi connectivity index (χ3n) is 2.83. The second-order valence-electron chi connectivity index (χ2n) is 4.31. The van der Waals surface area contributed by atoms with Gasteiger partial charge in [-0.15, -0.1) is 11.3 Å². The summed E-state index contributed by atoms with van der Waals surface area (Å²) < 4.78 is 4.73. The molecular weight excluding hydrogens is 290 g/mol. The van der Waals surface area contributed by atoms with Gasteiger partial charge in [-0.2, -0.15) is 0 Å². The van der Waals surface area contributed by atoms with E-state index in [1.807, 2.05) is 12.1 Å². The minimum Gasteiger partial charge on any atom is -0.465 e. The highest BCUT2D eigenvalue weighted by molar-refractivity contribution is 7.19. The number of aromatic nitrogens is 1. The molecule has 0 unspecified atom stereocenters. The van der Waals surface area contributed by atoms with E-state index in [2.05, 4.69) is 10.3 Å². The van der Waals surface area contributed by atoms with E-state index in [0.29, 0.717) is 16.4 Å². The molecule has 0 aliphatic heterocycles. The monoisotopic (exact) mass is 305 g/mol. The van der Waals surface area contributed by atoms with Crippen LogP contribution in [-0.4, -0.2) is 23.8 Å². The Bertz CT molecular complexity index is 668. The lowest BCUT2D eigenvalue weighted by Crippen LogP contribution is -2.08. The summed E-state index contributed by atoms with van der Waals surface area (Å²) in [5.74, 6) is -0.748. The van der Waals surface area contributed by atoms with Gasteiger partial charge in [-0.25, -0.2) is 4.79 Å². The van der Waals surface area contributed by atoms with Crippen LogP contribution < -0.4 is 11.1 Å². The predicted molar refractivity (Wildman–Crippen MR) is 81.6 cm³/mol. The second kappa shape index (κ2) is 6.36. The Hall–Kier alpha value is -2.41. The minimum absolute atomic E-state index is 0.160. The van der Waals surface area contributed by atoms with Crippen molar-refractivity contribution in [2.75, 3.05) is 18.2 Å². The van der Waals surface area contributed by atoms with Crippen molar-refractivity contribution in [3.63, 3.8) is 0 Å². The Kier molecular flexibility index (Phi) is 4.54. The number of thiophene rings is 1. The van der Waals surface area contributed by atoms with Gasteiger partial charge in [0, 0.05) is 25.9 Å². The van der Waals surface area contributed by atoms with Crippen LogP contribution in [0.2, 0.25) is 0 Å². The molecule has 0 bridgehead atoms. The molecule has 0 amide bonds. The van der Waals surface area contributed by atoms with Gasteiger partial charge in [-0.05, 0) is 11.6 Å². The van der Waals surface area contributed by atoms with E-state index in [9.17, 15) is 9.59 Å². The van der Waals surface area contributed by atoms with E-state index in [0.717, 1.165) is 16.9 Å². The molecular formula is C14H15N3O3S. The number of carbonyl (C=O) groups excluding carboxylic acids is 2. The molecule has 0 aliphatic carbocycles. The van der Waals surface area contributed by atoms with E-state index in [1.165, 1.54) is 14.0 Å². The Morgan fingerprint density at radius 1 is 1.48 bits per heavy atom. The summed E-state index contributed by atoms with van der Waals surface area (Å²) in [7, 11) is 1.28. The first kappa shape index (κ1) is 15.0. The van der Waals surface area contributed by atoms with Crippen molar-refractivity contribution in [1.29, 1.82) is 0 Å². The Balaban J connectivity index is 2.31. The fourth-order valence-corrected chi connectivity index (χ4v) is 2.82. The van der Waals surface area contributed by atoms with Crippen molar-refractivity contribution < 1.29 is 14.3 Å². The maximum Gasteiger partial charge on any atom is 0.343 e. The normalized spacial score (nSPS) is 10.2. The number of anilines is 2. The Morgan fingerprint density at radius 2 is 2.24 bits per heavy atom. The van der Waals surface area contributed by atoms with Gasteiger partial charge in [-0.1, -0.05) is 6.07 Å². The number of nitrogens with zero attached hydrogens (tertiary/aromatic N) is 1. The highest BCUT2D eigenvalue weighted by atomic mass is 32.1. The lowest BCUT2D eigenvalue weighted by Gasteiger charge is -2.06. The molecule has 21 heavy (non-hydrogen) atoms. The number of nitrogens with two attached hydrogens (primary N) is 1. The maximum absolute atomic E-state index is 11.8. The maximum atomic E-state index is 11.8. The summed E-state index contributed by atoms with van der Waals surface area (Å²) in [6, 6.07) is 3.72. The van der Waals surface area contributed by atoms with Crippen LogP contribution in [0.1, 0.15) is 32.5 Å². The van der Waals surface area contributed by atoms with Gasteiger partial charge in [0.15, 0.2) is 5.78 Å². The highest BCUT2D eigenvalue weighted by Gasteiger charge is 2.24. The van der Waals surface area contributed by atoms with Crippen LogP contribution in [0.15, 0.2) is 24.5 Å². The largest absolute Gasteiger partial charge is 0.465 e. The van der Waals surface area contributed by atoms with Gasteiger partial charge in [0.1, 0.15) is 10.6 Å². The number of methoxy groups -OCH3 is 1. The molecule has 0 saturated heterocycles. The number of Topliss-reactive ketones (excluding diaryl/α,β-unsaturated/α-hetero) is 1. The smallest absolute Gasteiger partial charge is 0.343 e. The van der Waals surface area contributed by atoms with E-state index in [1.54, 1.807) is 12.4 Å². The first-order chi connectivity index (χ1) is 10.0. The predicted octanol–water partition coefficient (Wildman–Crippen LogP) is 2.33. The van der Waals surface area contributed by atoms with Crippen molar-refractivity contribution in [3.8, 4) is 0 Å². The molecule has 2 aromatic heterocycles. The Morgan fingerprint density at radius 3 is 2.81 bits per heavy atom. The Labute approximate surface area is 125 Å². The number of esters is 1. The van der Waals surface area contributed by atoms with Crippen molar-refractivity contribution in [2.45, 2.75) is 13.5 Å².